The lowest BCUT2D eigenvalue weighted by atomic mass is 10.0. The molecule has 0 saturated heterocycles. The Labute approximate surface area is 218 Å². The van der Waals surface area contributed by atoms with E-state index in [-0.39, 0.29) is 40.7 Å². The average Bonchev–Trinajstić information content (AvgIpc) is 3.37. The van der Waals surface area contributed by atoms with Crippen molar-refractivity contribution in [2.75, 3.05) is 0 Å². The second kappa shape index (κ2) is 8.99. The maximum Gasteiger partial charge on any atom is 0.416 e. The van der Waals surface area contributed by atoms with Crippen LogP contribution in [0.3, 0.4) is 0 Å². The summed E-state index contributed by atoms with van der Waals surface area (Å²) in [5.74, 6) is -1.73. The summed E-state index contributed by atoms with van der Waals surface area (Å²) >= 11 is 0. The van der Waals surface area contributed by atoms with Crippen molar-refractivity contribution >= 4 is 17.0 Å². The number of carboxylic acids is 1. The Morgan fingerprint density at radius 3 is 2.33 bits per heavy atom. The van der Waals surface area contributed by atoms with Crippen molar-refractivity contribution < 1.29 is 36.2 Å². The molecule has 0 bridgehead atoms. The smallest absolute Gasteiger partial charge is 0.416 e. The van der Waals surface area contributed by atoms with Gasteiger partial charge in [-0.15, -0.1) is 0 Å². The third-order valence-corrected chi connectivity index (χ3v) is 6.95. The number of aryl methyl sites for hydroxylation is 1. The standard InChI is InChI=1S/C25H18F6N4O5/c1-32-18-7-5-12(9-19(18)34(22(32)39)11-24(26,27)28)33-10-15(21(37)38)20(36)35(23(33)40)17-8-6-13-14(17)3-2-4-16(13)25(29,30)31/h2-5,7,9-10,17H,6,8,11H2,1H3,(H,37,38). The van der Waals surface area contributed by atoms with Crippen LogP contribution in [0, 0.1) is 0 Å². The number of halogens is 6. The molecule has 40 heavy (non-hydrogen) atoms. The van der Waals surface area contributed by atoms with Crippen molar-refractivity contribution in [3.05, 3.63) is 96.2 Å². The van der Waals surface area contributed by atoms with Gasteiger partial charge in [-0.2, -0.15) is 26.3 Å². The van der Waals surface area contributed by atoms with Gasteiger partial charge in [-0.3, -0.25) is 23.1 Å². The fraction of sp³-hybridized carbons (Fsp3) is 0.280. The number of carbonyl (C=O) groups is 1. The molecule has 2 aromatic heterocycles. The molecule has 4 aromatic rings. The van der Waals surface area contributed by atoms with Crippen molar-refractivity contribution in [3.63, 3.8) is 0 Å². The summed E-state index contributed by atoms with van der Waals surface area (Å²) in [5, 5.41) is 9.67. The lowest BCUT2D eigenvalue weighted by Crippen LogP contribution is -2.43. The Kier molecular flexibility index (Phi) is 6.08. The molecule has 1 N–H and O–H groups in total. The van der Waals surface area contributed by atoms with Crippen LogP contribution >= 0.6 is 0 Å². The first-order valence-corrected chi connectivity index (χ1v) is 11.7. The summed E-state index contributed by atoms with van der Waals surface area (Å²) in [7, 11) is 1.25. The molecule has 2 heterocycles. The Morgan fingerprint density at radius 1 is 1.00 bits per heavy atom. The molecule has 15 heteroatoms. The lowest BCUT2D eigenvalue weighted by molar-refractivity contribution is -0.140. The van der Waals surface area contributed by atoms with Crippen LogP contribution in [0.15, 0.2) is 57.0 Å². The first-order valence-electron chi connectivity index (χ1n) is 11.7. The van der Waals surface area contributed by atoms with Crippen molar-refractivity contribution in [1.29, 1.82) is 0 Å². The van der Waals surface area contributed by atoms with Gasteiger partial charge in [0.2, 0.25) is 0 Å². The number of nitrogens with zero attached hydrogens (tertiary/aromatic N) is 4. The molecule has 1 aliphatic rings. The number of imidazole rings is 1. The minimum atomic E-state index is -4.76. The highest BCUT2D eigenvalue weighted by atomic mass is 19.4. The van der Waals surface area contributed by atoms with Crippen LogP contribution in [0.4, 0.5) is 26.3 Å². The van der Waals surface area contributed by atoms with Gasteiger partial charge in [0.05, 0.1) is 28.3 Å². The van der Waals surface area contributed by atoms with Crippen LogP contribution in [0.25, 0.3) is 16.7 Å². The van der Waals surface area contributed by atoms with E-state index in [0.29, 0.717) is 19.9 Å². The van der Waals surface area contributed by atoms with Gasteiger partial charge in [0.1, 0.15) is 12.1 Å². The third kappa shape index (κ3) is 4.30. The number of alkyl halides is 6. The van der Waals surface area contributed by atoms with E-state index in [0.717, 1.165) is 22.8 Å². The summed E-state index contributed by atoms with van der Waals surface area (Å²) in [5.41, 5.74) is -5.58. The maximum absolute atomic E-state index is 13.6. The summed E-state index contributed by atoms with van der Waals surface area (Å²) in [6, 6.07) is 5.63. The summed E-state index contributed by atoms with van der Waals surface area (Å²) < 4.78 is 82.9. The number of rotatable bonds is 4. The minimum absolute atomic E-state index is 0.0284. The van der Waals surface area contributed by atoms with Crippen LogP contribution in [0.1, 0.15) is 39.5 Å². The normalized spacial score (nSPS) is 15.5. The number of benzene rings is 2. The van der Waals surface area contributed by atoms with Crippen LogP contribution in [-0.2, 0) is 26.2 Å². The number of hydrogen-bond acceptors (Lipinski definition) is 4. The van der Waals surface area contributed by atoms with E-state index in [1.54, 1.807) is 0 Å². The Balaban J connectivity index is 1.76. The van der Waals surface area contributed by atoms with Crippen molar-refractivity contribution in [3.8, 4) is 5.69 Å². The quantitative estimate of drug-likeness (QED) is 0.380. The summed E-state index contributed by atoms with van der Waals surface area (Å²) in [4.78, 5) is 51.2. The fourth-order valence-corrected chi connectivity index (χ4v) is 5.23. The number of fused-ring (bicyclic) bond motifs is 2. The lowest BCUT2D eigenvalue weighted by Gasteiger charge is -2.19. The monoisotopic (exact) mass is 568 g/mol. The highest BCUT2D eigenvalue weighted by molar-refractivity contribution is 5.87. The van der Waals surface area contributed by atoms with E-state index in [1.165, 1.54) is 25.2 Å². The first kappa shape index (κ1) is 27.0. The topological polar surface area (TPSA) is 108 Å². The molecule has 5 rings (SSSR count). The molecule has 0 amide bonds. The Bertz CT molecular complexity index is 1880. The summed E-state index contributed by atoms with van der Waals surface area (Å²) in [6.07, 6.45) is -9.02. The molecule has 9 nitrogen and oxygen atoms in total. The van der Waals surface area contributed by atoms with Gasteiger partial charge in [0.25, 0.3) is 5.56 Å². The van der Waals surface area contributed by atoms with Crippen molar-refractivity contribution in [2.24, 2.45) is 7.05 Å². The highest BCUT2D eigenvalue weighted by Gasteiger charge is 2.39. The molecule has 0 spiro atoms. The highest BCUT2D eigenvalue weighted by Crippen LogP contribution is 2.41. The second-order valence-electron chi connectivity index (χ2n) is 9.32. The van der Waals surface area contributed by atoms with Gasteiger partial charge in [0, 0.05) is 13.2 Å². The molecule has 0 radical (unpaired) electrons. The largest absolute Gasteiger partial charge is 0.477 e. The number of aromatic carboxylic acids is 1. The van der Waals surface area contributed by atoms with Gasteiger partial charge < -0.3 is 5.11 Å². The SMILES string of the molecule is Cn1c(=O)n(CC(F)(F)F)c2cc(-n3cc(C(=O)O)c(=O)n(C4CCc5c4cccc5C(F)(F)F)c3=O)ccc21. The van der Waals surface area contributed by atoms with E-state index >= 15 is 0 Å². The van der Waals surface area contributed by atoms with Crippen LogP contribution in [-0.4, -0.2) is 35.5 Å². The summed E-state index contributed by atoms with van der Waals surface area (Å²) in [6.45, 7) is -1.64. The van der Waals surface area contributed by atoms with E-state index in [1.807, 2.05) is 0 Å². The Hall–Kier alpha value is -4.56. The molecule has 1 atom stereocenters. The number of hydrogen-bond donors (Lipinski definition) is 1. The maximum atomic E-state index is 13.6. The number of aromatic nitrogens is 4. The van der Waals surface area contributed by atoms with E-state index in [2.05, 4.69) is 0 Å². The van der Waals surface area contributed by atoms with Gasteiger partial charge in [0.15, 0.2) is 0 Å². The van der Waals surface area contributed by atoms with E-state index in [9.17, 15) is 50.6 Å². The molecule has 210 valence electrons. The van der Waals surface area contributed by atoms with E-state index < -0.39 is 59.0 Å². The zero-order valence-electron chi connectivity index (χ0n) is 20.4. The first-order chi connectivity index (χ1) is 18.6. The van der Waals surface area contributed by atoms with Gasteiger partial charge in [-0.25, -0.2) is 14.4 Å². The minimum Gasteiger partial charge on any atom is -0.477 e. The third-order valence-electron chi connectivity index (χ3n) is 6.95. The number of carboxylic acid groups (broad SMARTS) is 1. The second-order valence-corrected chi connectivity index (χ2v) is 9.32. The predicted molar refractivity (Wildman–Crippen MR) is 128 cm³/mol. The van der Waals surface area contributed by atoms with Crippen LogP contribution in [0.2, 0.25) is 0 Å². The average molecular weight is 568 g/mol. The van der Waals surface area contributed by atoms with Crippen LogP contribution < -0.4 is 16.9 Å². The van der Waals surface area contributed by atoms with Gasteiger partial charge >= 0.3 is 29.7 Å². The van der Waals surface area contributed by atoms with Crippen molar-refractivity contribution in [1.82, 2.24) is 18.3 Å². The molecule has 0 saturated carbocycles. The Morgan fingerprint density at radius 2 is 1.70 bits per heavy atom. The fourth-order valence-electron chi connectivity index (χ4n) is 5.23. The van der Waals surface area contributed by atoms with Gasteiger partial charge in [-0.05, 0) is 48.2 Å². The van der Waals surface area contributed by atoms with Crippen molar-refractivity contribution in [2.45, 2.75) is 37.8 Å². The molecule has 0 aliphatic heterocycles. The zero-order chi connectivity index (χ0) is 29.3. The van der Waals surface area contributed by atoms with E-state index in [4.69, 9.17) is 0 Å². The van der Waals surface area contributed by atoms with Gasteiger partial charge in [-0.1, -0.05) is 12.1 Å². The molecule has 1 aliphatic carbocycles. The molecular weight excluding hydrogens is 550 g/mol. The molecule has 1 unspecified atom stereocenters. The molecular formula is C25H18F6N4O5. The molecule has 0 fully saturated rings. The predicted octanol–water partition coefficient (Wildman–Crippen LogP) is 3.47. The van der Waals surface area contributed by atoms with Crippen LogP contribution in [0.5, 0.6) is 0 Å². The molecule has 2 aromatic carbocycles. The zero-order valence-corrected chi connectivity index (χ0v) is 20.4.